The number of rotatable bonds is 5. The third-order valence-corrected chi connectivity index (χ3v) is 4.51. The van der Waals surface area contributed by atoms with Crippen LogP contribution in [0.3, 0.4) is 0 Å². The normalized spacial score (nSPS) is 24.0. The Kier molecular flexibility index (Phi) is 5.82. The van der Waals surface area contributed by atoms with Crippen molar-refractivity contribution in [3.63, 3.8) is 0 Å². The molecule has 0 spiro atoms. The summed E-state index contributed by atoms with van der Waals surface area (Å²) < 4.78 is 14.0. The van der Waals surface area contributed by atoms with Crippen molar-refractivity contribution in [2.45, 2.75) is 51.7 Å². The molecule has 1 N–H and O–H groups in total. The van der Waals surface area contributed by atoms with E-state index in [1.165, 1.54) is 6.07 Å². The summed E-state index contributed by atoms with van der Waals surface area (Å²) in [6, 6.07) is 5.90. The van der Waals surface area contributed by atoms with Gasteiger partial charge < -0.3 is 5.32 Å². The summed E-state index contributed by atoms with van der Waals surface area (Å²) in [7, 11) is 0. The maximum atomic E-state index is 14.0. The van der Waals surface area contributed by atoms with Crippen molar-refractivity contribution >= 4 is 11.6 Å². The van der Waals surface area contributed by atoms with Crippen molar-refractivity contribution in [1.82, 2.24) is 10.2 Å². The van der Waals surface area contributed by atoms with Gasteiger partial charge in [-0.25, -0.2) is 4.39 Å². The number of hydrogen-bond donors (Lipinski definition) is 1. The van der Waals surface area contributed by atoms with Crippen molar-refractivity contribution in [1.29, 1.82) is 0 Å². The molecule has 4 heteroatoms. The van der Waals surface area contributed by atoms with Gasteiger partial charge in [0.1, 0.15) is 5.82 Å². The second-order valence-electron chi connectivity index (χ2n) is 5.59. The Morgan fingerprint density at radius 1 is 1.40 bits per heavy atom. The van der Waals surface area contributed by atoms with Gasteiger partial charge in [-0.05, 0) is 25.0 Å². The van der Waals surface area contributed by atoms with Crippen LogP contribution in [-0.4, -0.2) is 30.1 Å². The van der Waals surface area contributed by atoms with Gasteiger partial charge in [0.2, 0.25) is 0 Å². The number of nitrogens with zero attached hydrogens (tertiary/aromatic N) is 1. The molecule has 1 fully saturated rings. The molecule has 0 saturated carbocycles. The predicted molar refractivity (Wildman–Crippen MR) is 82.6 cm³/mol. The molecule has 1 saturated heterocycles. The minimum atomic E-state index is -0.195. The van der Waals surface area contributed by atoms with Crippen molar-refractivity contribution < 1.29 is 4.39 Å². The van der Waals surface area contributed by atoms with Gasteiger partial charge in [-0.15, -0.1) is 0 Å². The fraction of sp³-hybridized carbons (Fsp3) is 0.625. The third-order valence-electron chi connectivity index (χ3n) is 4.15. The van der Waals surface area contributed by atoms with Crippen molar-refractivity contribution in [2.24, 2.45) is 0 Å². The first kappa shape index (κ1) is 15.7. The van der Waals surface area contributed by atoms with E-state index in [0.29, 0.717) is 29.2 Å². The van der Waals surface area contributed by atoms with Crippen LogP contribution in [0.2, 0.25) is 5.02 Å². The van der Waals surface area contributed by atoms with Crippen LogP contribution in [0.4, 0.5) is 4.39 Å². The smallest absolute Gasteiger partial charge is 0.129 e. The zero-order valence-corrected chi connectivity index (χ0v) is 13.1. The van der Waals surface area contributed by atoms with E-state index in [0.717, 1.165) is 32.4 Å². The fourth-order valence-corrected chi connectivity index (χ4v) is 3.12. The van der Waals surface area contributed by atoms with Crippen LogP contribution in [0.1, 0.15) is 38.7 Å². The van der Waals surface area contributed by atoms with E-state index >= 15 is 0 Å². The van der Waals surface area contributed by atoms with Crippen LogP contribution >= 0.6 is 11.6 Å². The average Bonchev–Trinajstić information content (AvgIpc) is 2.45. The Hall–Kier alpha value is -0.640. The van der Waals surface area contributed by atoms with Gasteiger partial charge in [0.15, 0.2) is 0 Å². The largest absolute Gasteiger partial charge is 0.311 e. The van der Waals surface area contributed by atoms with Gasteiger partial charge >= 0.3 is 0 Å². The fourth-order valence-electron chi connectivity index (χ4n) is 2.90. The quantitative estimate of drug-likeness (QED) is 0.889. The van der Waals surface area contributed by atoms with Crippen molar-refractivity contribution in [3.05, 3.63) is 34.6 Å². The van der Waals surface area contributed by atoms with Crippen LogP contribution in [0, 0.1) is 5.82 Å². The minimum Gasteiger partial charge on any atom is -0.311 e. The first-order chi connectivity index (χ1) is 9.65. The van der Waals surface area contributed by atoms with Gasteiger partial charge in [-0.3, -0.25) is 4.90 Å². The molecule has 1 aliphatic rings. The zero-order valence-electron chi connectivity index (χ0n) is 12.3. The monoisotopic (exact) mass is 298 g/mol. The summed E-state index contributed by atoms with van der Waals surface area (Å²) in [6.45, 7) is 6.94. The van der Waals surface area contributed by atoms with Crippen LogP contribution in [0.5, 0.6) is 0 Å². The molecule has 2 unspecified atom stereocenters. The minimum absolute atomic E-state index is 0.195. The lowest BCUT2D eigenvalue weighted by molar-refractivity contribution is 0.112. The zero-order chi connectivity index (χ0) is 14.5. The molecule has 0 aromatic heterocycles. The lowest BCUT2D eigenvalue weighted by atomic mass is 10.0. The Bertz CT molecular complexity index is 418. The molecule has 1 heterocycles. The van der Waals surface area contributed by atoms with Crippen LogP contribution < -0.4 is 5.32 Å². The molecule has 112 valence electrons. The molecule has 2 atom stereocenters. The number of nitrogens with one attached hydrogen (secondary N) is 1. The molecule has 1 aromatic carbocycles. The molecular weight excluding hydrogens is 275 g/mol. The van der Waals surface area contributed by atoms with Gasteiger partial charge in [-0.2, -0.15) is 0 Å². The molecular formula is C16H24ClFN2. The molecule has 2 nitrogen and oxygen atoms in total. The number of benzene rings is 1. The van der Waals surface area contributed by atoms with E-state index in [2.05, 4.69) is 24.1 Å². The number of halogens is 2. The van der Waals surface area contributed by atoms with Crippen LogP contribution in [0.15, 0.2) is 18.2 Å². The highest BCUT2D eigenvalue weighted by Gasteiger charge is 2.27. The second-order valence-corrected chi connectivity index (χ2v) is 5.99. The first-order valence-electron chi connectivity index (χ1n) is 7.56. The summed E-state index contributed by atoms with van der Waals surface area (Å²) in [6.07, 6.45) is 3.38. The number of piperazine rings is 1. The summed E-state index contributed by atoms with van der Waals surface area (Å²) in [5, 5.41) is 4.11. The lowest BCUT2D eigenvalue weighted by Crippen LogP contribution is -2.55. The summed E-state index contributed by atoms with van der Waals surface area (Å²) in [4.78, 5) is 2.39. The van der Waals surface area contributed by atoms with Gasteiger partial charge in [0, 0.05) is 42.3 Å². The highest BCUT2D eigenvalue weighted by Crippen LogP contribution is 2.24. The Labute approximate surface area is 126 Å². The van der Waals surface area contributed by atoms with Gasteiger partial charge in [0.05, 0.1) is 0 Å². The summed E-state index contributed by atoms with van der Waals surface area (Å²) in [5.41, 5.74) is 0.632. The molecule has 0 radical (unpaired) electrons. The topological polar surface area (TPSA) is 15.3 Å². The summed E-state index contributed by atoms with van der Waals surface area (Å²) >= 11 is 6.16. The molecule has 0 aliphatic carbocycles. The highest BCUT2D eigenvalue weighted by molar-refractivity contribution is 6.31. The Morgan fingerprint density at radius 2 is 2.20 bits per heavy atom. The molecule has 1 aromatic rings. The molecule has 0 amide bonds. The Morgan fingerprint density at radius 3 is 2.85 bits per heavy atom. The van der Waals surface area contributed by atoms with E-state index in [4.69, 9.17) is 11.6 Å². The SMILES string of the molecule is CCCC1CNC(CC)CN1Cc1c(F)cccc1Cl. The Balaban J connectivity index is 2.14. The predicted octanol–water partition coefficient (Wildman–Crippen LogP) is 3.83. The van der Waals surface area contributed by atoms with E-state index in [1.807, 2.05) is 0 Å². The summed E-state index contributed by atoms with van der Waals surface area (Å²) in [5.74, 6) is -0.195. The van der Waals surface area contributed by atoms with Crippen LogP contribution in [-0.2, 0) is 6.54 Å². The highest BCUT2D eigenvalue weighted by atomic mass is 35.5. The van der Waals surface area contributed by atoms with Crippen molar-refractivity contribution in [3.8, 4) is 0 Å². The van der Waals surface area contributed by atoms with Gasteiger partial charge in [0.25, 0.3) is 0 Å². The maximum Gasteiger partial charge on any atom is 0.129 e. The van der Waals surface area contributed by atoms with Crippen molar-refractivity contribution in [2.75, 3.05) is 13.1 Å². The molecule has 20 heavy (non-hydrogen) atoms. The molecule has 2 rings (SSSR count). The van der Waals surface area contributed by atoms with Gasteiger partial charge in [-0.1, -0.05) is 37.9 Å². The second kappa shape index (κ2) is 7.39. The van der Waals surface area contributed by atoms with E-state index < -0.39 is 0 Å². The van der Waals surface area contributed by atoms with Crippen LogP contribution in [0.25, 0.3) is 0 Å². The third kappa shape index (κ3) is 3.72. The average molecular weight is 299 g/mol. The standard InChI is InChI=1S/C16H24ClFN2/c1-3-6-13-9-19-12(4-2)10-20(13)11-14-15(17)7-5-8-16(14)18/h5,7-8,12-13,19H,3-4,6,9-11H2,1-2H3. The van der Waals surface area contributed by atoms with E-state index in [-0.39, 0.29) is 5.82 Å². The van der Waals surface area contributed by atoms with E-state index in [9.17, 15) is 4.39 Å². The van der Waals surface area contributed by atoms with E-state index in [1.54, 1.807) is 12.1 Å². The molecule has 0 bridgehead atoms. The first-order valence-corrected chi connectivity index (χ1v) is 7.93. The number of hydrogen-bond acceptors (Lipinski definition) is 2. The molecule has 1 aliphatic heterocycles. The maximum absolute atomic E-state index is 14.0. The lowest BCUT2D eigenvalue weighted by Gasteiger charge is -2.40.